The number of benzene rings is 1. The molecule has 0 fully saturated rings. The Labute approximate surface area is 152 Å². The highest BCUT2D eigenvalue weighted by Gasteiger charge is 2.16. The van der Waals surface area contributed by atoms with E-state index in [0.29, 0.717) is 17.3 Å². The van der Waals surface area contributed by atoms with Crippen molar-refractivity contribution in [1.29, 1.82) is 0 Å². The summed E-state index contributed by atoms with van der Waals surface area (Å²) in [4.78, 5) is 16.1. The Morgan fingerprint density at radius 2 is 2.08 bits per heavy atom. The number of carbonyl (C=O) groups excluding carboxylic acids is 1. The third-order valence-electron chi connectivity index (χ3n) is 3.59. The molecule has 2 heterocycles. The van der Waals surface area contributed by atoms with Gasteiger partial charge < -0.3 is 0 Å². The first-order valence-corrected chi connectivity index (χ1v) is 8.05. The summed E-state index contributed by atoms with van der Waals surface area (Å²) in [5.41, 5.74) is 0.966. The topological polar surface area (TPSA) is 77.6 Å². The van der Waals surface area contributed by atoms with E-state index < -0.39 is 12.3 Å². The molecule has 26 heavy (non-hydrogen) atoms. The summed E-state index contributed by atoms with van der Waals surface area (Å²) < 4.78 is 28.0. The van der Waals surface area contributed by atoms with Crippen LogP contribution in [0.5, 0.6) is 0 Å². The summed E-state index contributed by atoms with van der Waals surface area (Å²) in [6.07, 6.45) is -1.22. The second-order valence-corrected chi connectivity index (χ2v) is 5.98. The van der Waals surface area contributed by atoms with Crippen LogP contribution in [0, 0.1) is 6.92 Å². The van der Waals surface area contributed by atoms with Gasteiger partial charge in [-0.2, -0.15) is 5.10 Å². The standard InChI is InChI=1S/C16H15ClF2N6O/c1-10-6-13(15(18)19)22-25(10)8-14(26)21-16-20-9-24(23-16)7-11-4-2-3-5-12(11)17/h2-6,9,15H,7-8H2,1H3,(H,21,23,26). The highest BCUT2D eigenvalue weighted by molar-refractivity contribution is 6.31. The van der Waals surface area contributed by atoms with Crippen molar-refractivity contribution in [3.05, 3.63) is 58.6 Å². The van der Waals surface area contributed by atoms with E-state index in [1.165, 1.54) is 21.8 Å². The van der Waals surface area contributed by atoms with Gasteiger partial charge in [0.15, 0.2) is 0 Å². The van der Waals surface area contributed by atoms with Crippen LogP contribution in [0.4, 0.5) is 14.7 Å². The Balaban J connectivity index is 1.62. The van der Waals surface area contributed by atoms with Crippen LogP contribution in [0.15, 0.2) is 36.7 Å². The second-order valence-electron chi connectivity index (χ2n) is 5.57. The first-order valence-electron chi connectivity index (χ1n) is 7.67. The molecule has 136 valence electrons. The third kappa shape index (κ3) is 4.23. The maximum Gasteiger partial charge on any atom is 0.282 e. The molecule has 0 aliphatic carbocycles. The van der Waals surface area contributed by atoms with Gasteiger partial charge in [0.1, 0.15) is 18.6 Å². The molecule has 1 amide bonds. The van der Waals surface area contributed by atoms with Crippen molar-refractivity contribution in [3.63, 3.8) is 0 Å². The minimum absolute atomic E-state index is 0.112. The van der Waals surface area contributed by atoms with Gasteiger partial charge in [0, 0.05) is 10.7 Å². The number of amides is 1. The molecule has 7 nitrogen and oxygen atoms in total. The lowest BCUT2D eigenvalue weighted by atomic mass is 10.2. The van der Waals surface area contributed by atoms with Crippen LogP contribution in [0.1, 0.15) is 23.4 Å². The highest BCUT2D eigenvalue weighted by Crippen LogP contribution is 2.18. The van der Waals surface area contributed by atoms with Crippen molar-refractivity contribution in [1.82, 2.24) is 24.5 Å². The number of hydrogen-bond acceptors (Lipinski definition) is 4. The second kappa shape index (κ2) is 7.61. The molecule has 10 heteroatoms. The van der Waals surface area contributed by atoms with Crippen molar-refractivity contribution < 1.29 is 13.6 Å². The van der Waals surface area contributed by atoms with Crippen molar-refractivity contribution in [2.75, 3.05) is 5.32 Å². The molecule has 0 bridgehead atoms. The molecule has 0 aliphatic rings. The van der Waals surface area contributed by atoms with Gasteiger partial charge in [0.25, 0.3) is 6.43 Å². The lowest BCUT2D eigenvalue weighted by Crippen LogP contribution is -2.21. The number of carbonyl (C=O) groups is 1. The van der Waals surface area contributed by atoms with E-state index in [-0.39, 0.29) is 18.2 Å². The van der Waals surface area contributed by atoms with E-state index in [4.69, 9.17) is 11.6 Å². The fraction of sp³-hybridized carbons (Fsp3) is 0.250. The zero-order valence-electron chi connectivity index (χ0n) is 13.7. The summed E-state index contributed by atoms with van der Waals surface area (Å²) in [5, 5.41) is 11.0. The normalized spacial score (nSPS) is 11.1. The van der Waals surface area contributed by atoms with Gasteiger partial charge in [-0.05, 0) is 24.6 Å². The van der Waals surface area contributed by atoms with Gasteiger partial charge >= 0.3 is 0 Å². The molecule has 1 N–H and O–H groups in total. The SMILES string of the molecule is Cc1cc(C(F)F)nn1CC(=O)Nc1ncn(Cc2ccccc2Cl)n1. The number of nitrogens with zero attached hydrogens (tertiary/aromatic N) is 5. The maximum absolute atomic E-state index is 12.6. The van der Waals surface area contributed by atoms with Gasteiger partial charge in [-0.3, -0.25) is 14.8 Å². The third-order valence-corrected chi connectivity index (χ3v) is 3.96. The first-order chi connectivity index (χ1) is 12.4. The number of halogens is 3. The molecule has 0 atom stereocenters. The summed E-state index contributed by atoms with van der Waals surface area (Å²) in [5.74, 6) is -0.353. The smallest absolute Gasteiger partial charge is 0.282 e. The van der Waals surface area contributed by atoms with Crippen LogP contribution < -0.4 is 5.32 Å². The monoisotopic (exact) mass is 380 g/mol. The van der Waals surface area contributed by atoms with Crippen LogP contribution in [0.3, 0.4) is 0 Å². The predicted molar refractivity (Wildman–Crippen MR) is 91.1 cm³/mol. The van der Waals surface area contributed by atoms with Crippen molar-refractivity contribution in [3.8, 4) is 0 Å². The molecule has 0 spiro atoms. The molecule has 3 aromatic rings. The molecule has 1 aromatic carbocycles. The van der Waals surface area contributed by atoms with E-state index in [9.17, 15) is 13.6 Å². The number of nitrogens with one attached hydrogen (secondary N) is 1. The fourth-order valence-corrected chi connectivity index (χ4v) is 2.53. The Morgan fingerprint density at radius 1 is 1.31 bits per heavy atom. The maximum atomic E-state index is 12.6. The predicted octanol–water partition coefficient (Wildman–Crippen LogP) is 3.06. The Bertz CT molecular complexity index is 923. The number of aromatic nitrogens is 5. The van der Waals surface area contributed by atoms with Crippen LogP contribution in [0.2, 0.25) is 5.02 Å². The lowest BCUT2D eigenvalue weighted by molar-refractivity contribution is -0.117. The molecule has 0 aliphatic heterocycles. The van der Waals surface area contributed by atoms with Gasteiger partial charge in [0.05, 0.1) is 6.54 Å². The van der Waals surface area contributed by atoms with Gasteiger partial charge in [-0.15, -0.1) is 5.10 Å². The number of alkyl halides is 2. The van der Waals surface area contributed by atoms with Gasteiger partial charge in [-0.25, -0.2) is 18.4 Å². The molecule has 3 rings (SSSR count). The van der Waals surface area contributed by atoms with E-state index in [1.807, 2.05) is 18.2 Å². The zero-order valence-corrected chi connectivity index (χ0v) is 14.5. The van der Waals surface area contributed by atoms with E-state index >= 15 is 0 Å². The van der Waals surface area contributed by atoms with Gasteiger partial charge in [0.2, 0.25) is 11.9 Å². The Morgan fingerprint density at radius 3 is 2.77 bits per heavy atom. The average molecular weight is 381 g/mol. The number of anilines is 1. The molecule has 0 unspecified atom stereocenters. The highest BCUT2D eigenvalue weighted by atomic mass is 35.5. The molecule has 2 aromatic heterocycles. The quantitative estimate of drug-likeness (QED) is 0.713. The number of rotatable bonds is 6. The Kier molecular flexibility index (Phi) is 5.27. The molecular weight excluding hydrogens is 366 g/mol. The summed E-state index contributed by atoms with van der Waals surface area (Å²) in [6.45, 7) is 1.79. The zero-order chi connectivity index (χ0) is 18.7. The first kappa shape index (κ1) is 18.0. The van der Waals surface area contributed by atoms with Crippen molar-refractivity contribution in [2.45, 2.75) is 26.4 Å². The summed E-state index contributed by atoms with van der Waals surface area (Å²) in [6, 6.07) is 8.57. The van der Waals surface area contributed by atoms with Crippen LogP contribution >= 0.6 is 11.6 Å². The Hall–Kier alpha value is -2.81. The molecular formula is C16H15ClF2N6O. The summed E-state index contributed by atoms with van der Waals surface area (Å²) >= 11 is 6.10. The minimum Gasteiger partial charge on any atom is -0.292 e. The minimum atomic E-state index is -2.68. The van der Waals surface area contributed by atoms with Crippen LogP contribution in [-0.2, 0) is 17.9 Å². The largest absolute Gasteiger partial charge is 0.292 e. The average Bonchev–Trinajstić information content (AvgIpc) is 3.17. The van der Waals surface area contributed by atoms with Gasteiger partial charge in [-0.1, -0.05) is 29.8 Å². The lowest BCUT2D eigenvalue weighted by Gasteiger charge is -2.04. The molecule has 0 saturated heterocycles. The van der Waals surface area contributed by atoms with E-state index in [1.54, 1.807) is 13.0 Å². The number of aryl methyl sites for hydroxylation is 1. The summed E-state index contributed by atoms with van der Waals surface area (Å²) in [7, 11) is 0. The van der Waals surface area contributed by atoms with Crippen LogP contribution in [-0.4, -0.2) is 30.5 Å². The van der Waals surface area contributed by atoms with E-state index in [0.717, 1.165) is 5.56 Å². The van der Waals surface area contributed by atoms with E-state index in [2.05, 4.69) is 20.5 Å². The molecule has 0 saturated carbocycles. The number of hydrogen-bond donors (Lipinski definition) is 1. The van der Waals surface area contributed by atoms with Crippen LogP contribution in [0.25, 0.3) is 0 Å². The fourth-order valence-electron chi connectivity index (χ4n) is 2.33. The van der Waals surface area contributed by atoms with Crippen molar-refractivity contribution in [2.24, 2.45) is 0 Å². The molecule has 0 radical (unpaired) electrons. The van der Waals surface area contributed by atoms with Crippen molar-refractivity contribution >= 4 is 23.5 Å².